The summed E-state index contributed by atoms with van der Waals surface area (Å²) in [6, 6.07) is 7.18. The van der Waals surface area contributed by atoms with Gasteiger partial charge in [0.2, 0.25) is 0 Å². The van der Waals surface area contributed by atoms with Gasteiger partial charge in [0.15, 0.2) is 11.7 Å². The molecule has 1 heterocycles. The Bertz CT molecular complexity index is 766. The molecule has 0 bridgehead atoms. The quantitative estimate of drug-likeness (QED) is 0.747. The largest absolute Gasteiger partial charge is 0.483 e. The number of alkyl halides is 3. The van der Waals surface area contributed by atoms with Gasteiger partial charge in [0.25, 0.3) is 5.91 Å². The van der Waals surface area contributed by atoms with Crippen LogP contribution in [-0.2, 0) is 10.2 Å². The first kappa shape index (κ1) is 20.2. The minimum Gasteiger partial charge on any atom is -0.483 e. The molecule has 0 saturated heterocycles. The Morgan fingerprint density at radius 2 is 1.88 bits per heavy atom. The highest BCUT2D eigenvalue weighted by atomic mass is 32.1. The highest BCUT2D eigenvalue weighted by molar-refractivity contribution is 7.14. The van der Waals surface area contributed by atoms with Crippen molar-refractivity contribution in [1.29, 1.82) is 0 Å². The van der Waals surface area contributed by atoms with Crippen molar-refractivity contribution in [2.75, 3.05) is 18.1 Å². The second-order valence-electron chi connectivity index (χ2n) is 6.90. The van der Waals surface area contributed by atoms with Gasteiger partial charge in [-0.2, -0.15) is 13.2 Å². The predicted octanol–water partition coefficient (Wildman–Crippen LogP) is 4.72. The molecule has 0 fully saturated rings. The van der Waals surface area contributed by atoms with Gasteiger partial charge in [-0.05, 0) is 24.0 Å². The highest BCUT2D eigenvalue weighted by Crippen LogP contribution is 2.31. The minimum atomic E-state index is -4.53. The van der Waals surface area contributed by atoms with Gasteiger partial charge in [-0.15, -0.1) is 11.3 Å². The Morgan fingerprint density at radius 3 is 2.42 bits per heavy atom. The van der Waals surface area contributed by atoms with E-state index in [1.54, 1.807) is 24.4 Å². The number of thiazole rings is 1. The van der Waals surface area contributed by atoms with Gasteiger partial charge in [-0.25, -0.2) is 4.98 Å². The lowest BCUT2D eigenvalue weighted by Gasteiger charge is -2.24. The number of carbonyl (C=O) groups excluding carboxylic acids is 1. The summed E-state index contributed by atoms with van der Waals surface area (Å²) in [5, 5.41) is 1.61. The molecule has 2 rings (SSSR count). The Hall–Kier alpha value is -2.09. The van der Waals surface area contributed by atoms with E-state index in [4.69, 9.17) is 4.74 Å². The molecule has 142 valence electrons. The highest BCUT2D eigenvalue weighted by Gasteiger charge is 2.35. The van der Waals surface area contributed by atoms with Crippen LogP contribution in [0.15, 0.2) is 29.6 Å². The van der Waals surface area contributed by atoms with Gasteiger partial charge >= 0.3 is 6.18 Å². The molecular formula is C18H21F3N2O2S. The standard InChI is InChI=1S/C18H21F3N2O2S/c1-12-10-26-16(22-12)23(11-18(19,20)21)15(24)9-25-14-8-6-5-7-13(14)17(2,3)4/h5-8,10H,9,11H2,1-4H3. The molecule has 0 spiro atoms. The second kappa shape index (κ2) is 7.65. The molecule has 0 saturated carbocycles. The van der Waals surface area contributed by atoms with Crippen LogP contribution in [0.4, 0.5) is 18.3 Å². The number of halogens is 3. The SMILES string of the molecule is Cc1csc(N(CC(F)(F)F)C(=O)COc2ccccc2C(C)(C)C)n1. The van der Waals surface area contributed by atoms with Crippen LogP contribution in [0, 0.1) is 6.92 Å². The van der Waals surface area contributed by atoms with Crippen molar-refractivity contribution in [3.63, 3.8) is 0 Å². The van der Waals surface area contributed by atoms with Crippen molar-refractivity contribution in [3.05, 3.63) is 40.9 Å². The number of para-hydroxylation sites is 1. The van der Waals surface area contributed by atoms with Crippen molar-refractivity contribution in [1.82, 2.24) is 4.98 Å². The van der Waals surface area contributed by atoms with Gasteiger partial charge < -0.3 is 4.74 Å². The van der Waals surface area contributed by atoms with Crippen molar-refractivity contribution in [2.45, 2.75) is 39.3 Å². The number of hydrogen-bond donors (Lipinski definition) is 0. The van der Waals surface area contributed by atoms with E-state index < -0.39 is 25.2 Å². The fraction of sp³-hybridized carbons (Fsp3) is 0.444. The van der Waals surface area contributed by atoms with Gasteiger partial charge in [0.1, 0.15) is 12.3 Å². The fourth-order valence-electron chi connectivity index (χ4n) is 2.34. The maximum atomic E-state index is 12.9. The number of benzene rings is 1. The molecule has 0 aliphatic heterocycles. The molecule has 0 aliphatic carbocycles. The zero-order valence-corrected chi connectivity index (χ0v) is 15.9. The molecule has 0 unspecified atom stereocenters. The summed E-state index contributed by atoms with van der Waals surface area (Å²) in [7, 11) is 0. The third-order valence-corrected chi connectivity index (χ3v) is 4.50. The first-order valence-corrected chi connectivity index (χ1v) is 8.87. The number of hydrogen-bond acceptors (Lipinski definition) is 4. The van der Waals surface area contributed by atoms with E-state index in [-0.39, 0.29) is 10.5 Å². The van der Waals surface area contributed by atoms with E-state index in [0.717, 1.165) is 16.9 Å². The maximum Gasteiger partial charge on any atom is 0.406 e. The third-order valence-electron chi connectivity index (χ3n) is 3.52. The first-order chi connectivity index (χ1) is 12.0. The number of anilines is 1. The molecule has 1 aromatic carbocycles. The van der Waals surface area contributed by atoms with E-state index in [1.807, 2.05) is 32.9 Å². The Kier molecular flexibility index (Phi) is 5.95. The summed E-state index contributed by atoms with van der Waals surface area (Å²) in [5.74, 6) is -0.309. The zero-order chi connectivity index (χ0) is 19.5. The molecule has 0 aliphatic rings. The average molecular weight is 386 g/mol. The summed E-state index contributed by atoms with van der Waals surface area (Å²) in [4.78, 5) is 17.1. The maximum absolute atomic E-state index is 12.9. The molecule has 1 amide bonds. The molecular weight excluding hydrogens is 365 g/mol. The lowest BCUT2D eigenvalue weighted by Crippen LogP contribution is -2.41. The topological polar surface area (TPSA) is 42.4 Å². The number of aromatic nitrogens is 1. The smallest absolute Gasteiger partial charge is 0.406 e. The van der Waals surface area contributed by atoms with Crippen LogP contribution < -0.4 is 9.64 Å². The molecule has 0 N–H and O–H groups in total. The number of carbonyl (C=O) groups is 1. The number of aryl methyl sites for hydroxylation is 1. The number of nitrogens with zero attached hydrogens (tertiary/aromatic N) is 2. The minimum absolute atomic E-state index is 0.0116. The first-order valence-electron chi connectivity index (χ1n) is 7.99. The van der Waals surface area contributed by atoms with Crippen LogP contribution in [0.1, 0.15) is 32.0 Å². The van der Waals surface area contributed by atoms with Crippen LogP contribution in [0.5, 0.6) is 5.75 Å². The Balaban J connectivity index is 2.18. The number of ether oxygens (including phenoxy) is 1. The van der Waals surface area contributed by atoms with Crippen molar-refractivity contribution in [3.8, 4) is 5.75 Å². The van der Waals surface area contributed by atoms with Gasteiger partial charge in [-0.1, -0.05) is 39.0 Å². The van der Waals surface area contributed by atoms with E-state index in [0.29, 0.717) is 16.3 Å². The van der Waals surface area contributed by atoms with Crippen molar-refractivity contribution >= 4 is 22.4 Å². The van der Waals surface area contributed by atoms with Crippen molar-refractivity contribution in [2.24, 2.45) is 0 Å². The van der Waals surface area contributed by atoms with E-state index in [2.05, 4.69) is 4.98 Å². The predicted molar refractivity (Wildman–Crippen MR) is 95.9 cm³/mol. The van der Waals surface area contributed by atoms with E-state index in [9.17, 15) is 18.0 Å². The molecule has 8 heteroatoms. The molecule has 2 aromatic rings. The average Bonchev–Trinajstić information content (AvgIpc) is 2.95. The summed E-state index contributed by atoms with van der Waals surface area (Å²) in [6.45, 7) is 5.74. The second-order valence-corrected chi connectivity index (χ2v) is 7.74. The van der Waals surface area contributed by atoms with Gasteiger partial charge in [0.05, 0.1) is 5.69 Å². The summed E-state index contributed by atoms with van der Waals surface area (Å²) < 4.78 is 44.2. The van der Waals surface area contributed by atoms with Crippen LogP contribution in [0.2, 0.25) is 0 Å². The Labute approximate surface area is 154 Å². The number of amides is 1. The molecule has 1 aromatic heterocycles. The summed E-state index contributed by atoms with van der Waals surface area (Å²) >= 11 is 0.994. The monoisotopic (exact) mass is 386 g/mol. The van der Waals surface area contributed by atoms with Gasteiger partial charge in [0, 0.05) is 5.38 Å². The summed E-state index contributed by atoms with van der Waals surface area (Å²) in [5.41, 5.74) is 1.21. The Morgan fingerprint density at radius 1 is 1.23 bits per heavy atom. The zero-order valence-electron chi connectivity index (χ0n) is 15.1. The van der Waals surface area contributed by atoms with Crippen LogP contribution in [0.25, 0.3) is 0 Å². The van der Waals surface area contributed by atoms with Crippen LogP contribution >= 0.6 is 11.3 Å². The van der Waals surface area contributed by atoms with E-state index >= 15 is 0 Å². The molecule has 26 heavy (non-hydrogen) atoms. The van der Waals surface area contributed by atoms with Gasteiger partial charge in [-0.3, -0.25) is 9.69 Å². The molecule has 4 nitrogen and oxygen atoms in total. The van der Waals surface area contributed by atoms with Crippen LogP contribution in [0.3, 0.4) is 0 Å². The molecule has 0 radical (unpaired) electrons. The fourth-order valence-corrected chi connectivity index (χ4v) is 3.16. The normalized spacial score (nSPS) is 12.1. The molecule has 0 atom stereocenters. The lowest BCUT2D eigenvalue weighted by molar-refractivity contribution is -0.133. The third kappa shape index (κ3) is 5.45. The van der Waals surface area contributed by atoms with Crippen LogP contribution in [-0.4, -0.2) is 30.2 Å². The lowest BCUT2D eigenvalue weighted by atomic mass is 9.86. The van der Waals surface area contributed by atoms with Crippen molar-refractivity contribution < 1.29 is 22.7 Å². The van der Waals surface area contributed by atoms with E-state index in [1.165, 1.54) is 0 Å². The number of rotatable bonds is 5. The summed E-state index contributed by atoms with van der Waals surface area (Å²) in [6.07, 6.45) is -4.53.